The molecule has 1 saturated heterocycles. The van der Waals surface area contributed by atoms with Gasteiger partial charge in [-0.15, -0.1) is 0 Å². The molecule has 2 N–H and O–H groups in total. The quantitative estimate of drug-likeness (QED) is 0.887. The van der Waals surface area contributed by atoms with Crippen LogP contribution in [0.25, 0.3) is 0 Å². The zero-order valence-electron chi connectivity index (χ0n) is 13.1. The maximum Gasteiger partial charge on any atom is 0.257 e. The third-order valence-corrected chi connectivity index (χ3v) is 4.19. The third-order valence-electron chi connectivity index (χ3n) is 4.19. The molecule has 1 fully saturated rings. The van der Waals surface area contributed by atoms with Crippen LogP contribution in [-0.4, -0.2) is 36.6 Å². The first-order chi connectivity index (χ1) is 11.3. The van der Waals surface area contributed by atoms with E-state index in [0.29, 0.717) is 37.6 Å². The molecule has 0 saturated carbocycles. The van der Waals surface area contributed by atoms with Crippen LogP contribution in [0.15, 0.2) is 47.1 Å². The number of hydrogen-bond donors (Lipinski definition) is 1. The highest BCUT2D eigenvalue weighted by molar-refractivity contribution is 5.94. The summed E-state index contributed by atoms with van der Waals surface area (Å²) in [4.78, 5) is 14.8. The minimum atomic E-state index is -0.0140. The molecular formula is C18H22N2O3. The van der Waals surface area contributed by atoms with Crippen molar-refractivity contribution >= 4 is 5.91 Å². The lowest BCUT2D eigenvalue weighted by molar-refractivity contribution is 0.0655. The van der Waals surface area contributed by atoms with E-state index in [-0.39, 0.29) is 11.9 Å². The van der Waals surface area contributed by atoms with E-state index in [0.717, 1.165) is 12.8 Å². The second-order valence-corrected chi connectivity index (χ2v) is 5.76. The monoisotopic (exact) mass is 314 g/mol. The highest BCUT2D eigenvalue weighted by atomic mass is 16.5. The summed E-state index contributed by atoms with van der Waals surface area (Å²) in [6, 6.07) is 12.1. The molecule has 1 amide bonds. The number of nitrogens with two attached hydrogens (primary N) is 1. The molecule has 1 atom stereocenters. The fraction of sp³-hybridized carbons (Fsp3) is 0.389. The van der Waals surface area contributed by atoms with E-state index in [1.165, 1.54) is 11.8 Å². The van der Waals surface area contributed by atoms with Crippen molar-refractivity contribution < 1.29 is 13.9 Å². The number of ether oxygens (including phenoxy) is 1. The van der Waals surface area contributed by atoms with Gasteiger partial charge in [-0.05, 0) is 24.5 Å². The van der Waals surface area contributed by atoms with Crippen LogP contribution in [0, 0.1) is 0 Å². The highest BCUT2D eigenvalue weighted by Crippen LogP contribution is 2.18. The topological polar surface area (TPSA) is 68.7 Å². The fourth-order valence-corrected chi connectivity index (χ4v) is 2.88. The third kappa shape index (κ3) is 3.81. The van der Waals surface area contributed by atoms with Gasteiger partial charge in [-0.1, -0.05) is 30.3 Å². The van der Waals surface area contributed by atoms with Crippen LogP contribution in [0.2, 0.25) is 0 Å². The SMILES string of the molecule is NCc1cc(C(=O)N(CCc2ccccc2)C2CCOC2)co1. The van der Waals surface area contributed by atoms with Gasteiger partial charge in [-0.2, -0.15) is 0 Å². The zero-order valence-corrected chi connectivity index (χ0v) is 13.1. The predicted molar refractivity (Wildman–Crippen MR) is 87.0 cm³/mol. The molecule has 0 spiro atoms. The summed E-state index contributed by atoms with van der Waals surface area (Å²) in [6.07, 6.45) is 3.20. The molecule has 0 aliphatic carbocycles. The second-order valence-electron chi connectivity index (χ2n) is 5.76. The molecule has 3 rings (SSSR count). The van der Waals surface area contributed by atoms with Gasteiger partial charge in [0.25, 0.3) is 5.91 Å². The largest absolute Gasteiger partial charge is 0.467 e. The van der Waals surface area contributed by atoms with Crippen molar-refractivity contribution in [3.8, 4) is 0 Å². The Kier molecular flexibility index (Phi) is 5.10. The highest BCUT2D eigenvalue weighted by Gasteiger charge is 2.28. The van der Waals surface area contributed by atoms with Crippen molar-refractivity contribution in [2.24, 2.45) is 5.73 Å². The molecule has 2 aromatic rings. The molecule has 122 valence electrons. The van der Waals surface area contributed by atoms with Gasteiger partial charge in [0.1, 0.15) is 12.0 Å². The van der Waals surface area contributed by atoms with Crippen molar-refractivity contribution in [1.29, 1.82) is 0 Å². The normalized spacial score (nSPS) is 17.3. The number of carbonyl (C=O) groups excluding carboxylic acids is 1. The number of hydrogen-bond acceptors (Lipinski definition) is 4. The average molecular weight is 314 g/mol. The van der Waals surface area contributed by atoms with Crippen LogP contribution in [0.5, 0.6) is 0 Å². The summed E-state index contributed by atoms with van der Waals surface area (Å²) in [6.45, 7) is 2.27. The summed E-state index contributed by atoms with van der Waals surface area (Å²) in [5.41, 5.74) is 7.34. The van der Waals surface area contributed by atoms with Crippen molar-refractivity contribution in [2.45, 2.75) is 25.4 Å². The van der Waals surface area contributed by atoms with E-state index < -0.39 is 0 Å². The Balaban J connectivity index is 1.73. The zero-order chi connectivity index (χ0) is 16.1. The van der Waals surface area contributed by atoms with Gasteiger partial charge in [0.05, 0.1) is 24.8 Å². The Bertz CT molecular complexity index is 633. The Morgan fingerprint density at radius 2 is 2.13 bits per heavy atom. The lowest BCUT2D eigenvalue weighted by atomic mass is 10.1. The molecule has 1 aliphatic heterocycles. The predicted octanol–water partition coefficient (Wildman–Crippen LogP) is 2.21. The Morgan fingerprint density at radius 3 is 2.78 bits per heavy atom. The average Bonchev–Trinajstić information content (AvgIpc) is 3.27. The number of nitrogens with zero attached hydrogens (tertiary/aromatic N) is 1. The van der Waals surface area contributed by atoms with Gasteiger partial charge in [-0.25, -0.2) is 0 Å². The van der Waals surface area contributed by atoms with Crippen molar-refractivity contribution in [2.75, 3.05) is 19.8 Å². The van der Waals surface area contributed by atoms with Crippen molar-refractivity contribution in [3.63, 3.8) is 0 Å². The van der Waals surface area contributed by atoms with Gasteiger partial charge in [0.15, 0.2) is 0 Å². The first-order valence-electron chi connectivity index (χ1n) is 7.98. The number of rotatable bonds is 6. The van der Waals surface area contributed by atoms with Gasteiger partial charge < -0.3 is 19.8 Å². The van der Waals surface area contributed by atoms with E-state index in [1.807, 2.05) is 23.1 Å². The van der Waals surface area contributed by atoms with E-state index in [4.69, 9.17) is 14.9 Å². The molecular weight excluding hydrogens is 292 g/mol. The first kappa shape index (κ1) is 15.8. The summed E-state index contributed by atoms with van der Waals surface area (Å²) in [5.74, 6) is 0.610. The Labute approximate surface area is 136 Å². The molecule has 2 heterocycles. The van der Waals surface area contributed by atoms with E-state index in [2.05, 4.69) is 12.1 Å². The first-order valence-corrected chi connectivity index (χ1v) is 7.98. The molecule has 1 aromatic carbocycles. The number of amides is 1. The molecule has 5 nitrogen and oxygen atoms in total. The molecule has 23 heavy (non-hydrogen) atoms. The van der Waals surface area contributed by atoms with Crippen LogP contribution >= 0.6 is 0 Å². The standard InChI is InChI=1S/C18H22N2O3/c19-11-17-10-15(12-23-17)18(21)20(16-7-9-22-13-16)8-6-14-4-2-1-3-5-14/h1-5,10,12,16H,6-9,11,13,19H2. The van der Waals surface area contributed by atoms with Crippen LogP contribution in [0.3, 0.4) is 0 Å². The maximum atomic E-state index is 12.9. The minimum Gasteiger partial charge on any atom is -0.467 e. The van der Waals surface area contributed by atoms with E-state index >= 15 is 0 Å². The van der Waals surface area contributed by atoms with E-state index in [1.54, 1.807) is 6.07 Å². The van der Waals surface area contributed by atoms with Crippen LogP contribution in [0.1, 0.15) is 28.1 Å². The van der Waals surface area contributed by atoms with Crippen molar-refractivity contribution in [1.82, 2.24) is 4.90 Å². The van der Waals surface area contributed by atoms with Gasteiger partial charge in [0.2, 0.25) is 0 Å². The van der Waals surface area contributed by atoms with Crippen molar-refractivity contribution in [3.05, 3.63) is 59.5 Å². The minimum absolute atomic E-state index is 0.0140. The summed E-state index contributed by atoms with van der Waals surface area (Å²) in [5, 5.41) is 0. The van der Waals surface area contributed by atoms with Crippen LogP contribution < -0.4 is 5.73 Å². The number of carbonyl (C=O) groups is 1. The molecule has 1 aliphatic rings. The smallest absolute Gasteiger partial charge is 0.257 e. The van der Waals surface area contributed by atoms with Crippen LogP contribution in [-0.2, 0) is 17.7 Å². The molecule has 5 heteroatoms. The van der Waals surface area contributed by atoms with Gasteiger partial charge in [-0.3, -0.25) is 4.79 Å². The fourth-order valence-electron chi connectivity index (χ4n) is 2.88. The lowest BCUT2D eigenvalue weighted by Crippen LogP contribution is -2.42. The molecule has 1 aromatic heterocycles. The number of furan rings is 1. The molecule has 0 radical (unpaired) electrons. The maximum absolute atomic E-state index is 12.9. The van der Waals surface area contributed by atoms with E-state index in [9.17, 15) is 4.79 Å². The Hall–Kier alpha value is -2.11. The summed E-state index contributed by atoms with van der Waals surface area (Å²) < 4.78 is 10.8. The summed E-state index contributed by atoms with van der Waals surface area (Å²) in [7, 11) is 0. The van der Waals surface area contributed by atoms with Gasteiger partial charge in [0, 0.05) is 13.2 Å². The molecule has 0 bridgehead atoms. The van der Waals surface area contributed by atoms with Gasteiger partial charge >= 0.3 is 0 Å². The van der Waals surface area contributed by atoms with Crippen LogP contribution in [0.4, 0.5) is 0 Å². The summed E-state index contributed by atoms with van der Waals surface area (Å²) >= 11 is 0. The number of benzene rings is 1. The lowest BCUT2D eigenvalue weighted by Gasteiger charge is -2.27. The molecule has 1 unspecified atom stereocenters. The Morgan fingerprint density at radius 1 is 1.30 bits per heavy atom. The second kappa shape index (κ2) is 7.44.